The van der Waals surface area contributed by atoms with Crippen molar-refractivity contribution in [3.05, 3.63) is 233 Å². The predicted octanol–water partition coefficient (Wildman–Crippen LogP) is 14.8. The standard InChI is InChI=1S/C42H43N3O9.C36H33NO5/c1-7-44-38-19-15-31(37(43-53-27(3)47)23-40(29-11-9-8-10-12-29)45(26(2)46)54-28(4)48)21-35(38)36-22-32(16-20-39(36)44)41(49)30-13-17-33(18-14-30)50-24-34-25-51-42(5,6)52-34;1-4-37-32-17-13-26(34(38)19-10-24-8-6-5-7-9-24)20-30(32)31-21-27(14-18-33(31)37)35(39)25-11-15-28(16-12-25)40-22-29-23-41-36(2,3)42-29/h8-22,34,40H,7,23-25H2,1-6H3;5-21,29H,4,22-23H2,1-3H3/b43-37+;19-10+. The Balaban J connectivity index is 0.000000201. The van der Waals surface area contributed by atoms with E-state index in [0.29, 0.717) is 89.1 Å². The Hall–Kier alpha value is -10.4. The summed E-state index contributed by atoms with van der Waals surface area (Å²) in [7, 11) is 0. The van der Waals surface area contributed by atoms with Crippen LogP contribution in [0.15, 0.2) is 193 Å². The summed E-state index contributed by atoms with van der Waals surface area (Å²) in [6, 6.07) is 55.2. The third-order valence-corrected chi connectivity index (χ3v) is 16.6. The zero-order chi connectivity index (χ0) is 67.8. The molecule has 2 aliphatic rings. The van der Waals surface area contributed by atoms with Crippen molar-refractivity contribution in [2.24, 2.45) is 5.16 Å². The number of ketones is 3. The van der Waals surface area contributed by atoms with Crippen LogP contribution < -0.4 is 9.47 Å². The van der Waals surface area contributed by atoms with Gasteiger partial charge in [0.15, 0.2) is 28.9 Å². The van der Waals surface area contributed by atoms with Gasteiger partial charge in [-0.2, -0.15) is 5.06 Å². The van der Waals surface area contributed by atoms with Gasteiger partial charge in [0.1, 0.15) is 43.0 Å². The van der Waals surface area contributed by atoms with Crippen molar-refractivity contribution in [1.82, 2.24) is 14.2 Å². The van der Waals surface area contributed by atoms with E-state index < -0.39 is 35.5 Å². The number of amides is 1. The molecule has 2 aliphatic heterocycles. The SMILES string of the molecule is CCn1c2ccc(C(=O)/C=C/c3ccccc3)cc2c2cc(C(=O)c3ccc(OCC4COC(C)(C)O4)cc3)ccc21.CCn1c2ccc(C(=O)c3ccc(OCC4COC(C)(C)O4)cc3)cc2c2cc(/C(CC(c3ccccc3)N(OC(C)=O)C(C)=O)=N/OC(C)=O)ccc21. The number of carbonyl (C=O) groups is 6. The van der Waals surface area contributed by atoms with Crippen molar-refractivity contribution in [1.29, 1.82) is 0 Å². The molecule has 18 nitrogen and oxygen atoms in total. The van der Waals surface area contributed by atoms with Gasteiger partial charge in [-0.1, -0.05) is 78.0 Å². The number of fused-ring (bicyclic) bond motifs is 6. The van der Waals surface area contributed by atoms with Gasteiger partial charge in [0.2, 0.25) is 0 Å². The molecule has 0 aliphatic carbocycles. The fraction of sp³-hybridized carbons (Fsp3) is 0.269. The largest absolute Gasteiger partial charge is 0.491 e. The molecule has 2 aromatic heterocycles. The number of ether oxygens (including phenoxy) is 6. The van der Waals surface area contributed by atoms with Gasteiger partial charge >= 0.3 is 11.9 Å². The highest BCUT2D eigenvalue weighted by Crippen LogP contribution is 2.36. The third-order valence-electron chi connectivity index (χ3n) is 16.6. The number of benzene rings is 8. The van der Waals surface area contributed by atoms with Crippen molar-refractivity contribution < 1.29 is 66.9 Å². The fourth-order valence-electron chi connectivity index (χ4n) is 12.2. The van der Waals surface area contributed by atoms with E-state index in [9.17, 15) is 28.8 Å². The Bertz CT molecular complexity index is 4610. The Labute approximate surface area is 556 Å². The van der Waals surface area contributed by atoms with Crippen molar-refractivity contribution in [2.75, 3.05) is 26.4 Å². The molecule has 3 atom stereocenters. The molecule has 2 saturated heterocycles. The molecule has 492 valence electrons. The number of aromatic nitrogens is 2. The number of rotatable bonds is 21. The van der Waals surface area contributed by atoms with Gasteiger partial charge in [-0.3, -0.25) is 24.0 Å². The van der Waals surface area contributed by atoms with Crippen LogP contribution in [0.5, 0.6) is 11.5 Å². The number of allylic oxidation sites excluding steroid dienone is 1. The molecule has 0 bridgehead atoms. The van der Waals surface area contributed by atoms with Crippen LogP contribution in [0.1, 0.15) is 134 Å². The number of hydrogen-bond donors (Lipinski definition) is 0. The molecule has 2 fully saturated rings. The number of oxime groups is 1. The second-order valence-corrected chi connectivity index (χ2v) is 24.4. The fourth-order valence-corrected chi connectivity index (χ4v) is 12.2. The minimum Gasteiger partial charge on any atom is -0.491 e. The van der Waals surface area contributed by atoms with Crippen LogP contribution in [-0.2, 0) is 56.1 Å². The van der Waals surface area contributed by atoms with E-state index in [1.165, 1.54) is 20.8 Å². The summed E-state index contributed by atoms with van der Waals surface area (Å²) in [5.74, 6) is -2.02. The van der Waals surface area contributed by atoms with Crippen LogP contribution in [0.3, 0.4) is 0 Å². The molecule has 0 N–H and O–H groups in total. The lowest BCUT2D eigenvalue weighted by atomic mass is 9.95. The second kappa shape index (κ2) is 29.1. The zero-order valence-electron chi connectivity index (χ0n) is 55.2. The van der Waals surface area contributed by atoms with Gasteiger partial charge in [0, 0.05) is 117 Å². The summed E-state index contributed by atoms with van der Waals surface area (Å²) in [4.78, 5) is 87.8. The number of nitrogens with zero attached hydrogens (tertiary/aromatic N) is 4. The summed E-state index contributed by atoms with van der Waals surface area (Å²) in [5, 5.41) is 8.83. The highest BCUT2D eigenvalue weighted by molar-refractivity contribution is 6.18. The van der Waals surface area contributed by atoms with E-state index in [2.05, 4.69) is 21.2 Å². The number of hydroxylamine groups is 2. The molecule has 18 heteroatoms. The average Bonchev–Trinajstić information content (AvgIpc) is 1.61. The Morgan fingerprint density at radius 3 is 1.36 bits per heavy atom. The van der Waals surface area contributed by atoms with Crippen molar-refractivity contribution in [3.63, 3.8) is 0 Å². The van der Waals surface area contributed by atoms with E-state index in [-0.39, 0.29) is 36.0 Å². The quantitative estimate of drug-likeness (QED) is 0.0216. The van der Waals surface area contributed by atoms with Crippen LogP contribution in [0, 0.1) is 0 Å². The predicted molar refractivity (Wildman–Crippen MR) is 367 cm³/mol. The number of aryl methyl sites for hydroxylation is 2. The molecule has 3 unspecified atom stereocenters. The first-order valence-electron chi connectivity index (χ1n) is 32.0. The first-order valence-corrected chi connectivity index (χ1v) is 32.0. The maximum atomic E-state index is 13.8. The van der Waals surface area contributed by atoms with Crippen LogP contribution in [-0.4, -0.2) is 105 Å². The van der Waals surface area contributed by atoms with Gasteiger partial charge in [0.25, 0.3) is 5.91 Å². The molecule has 0 saturated carbocycles. The van der Waals surface area contributed by atoms with Crippen LogP contribution >= 0.6 is 0 Å². The van der Waals surface area contributed by atoms with Gasteiger partial charge in [-0.15, -0.1) is 0 Å². The topological polar surface area (TPSA) is 202 Å². The molecule has 96 heavy (non-hydrogen) atoms. The lowest BCUT2D eigenvalue weighted by molar-refractivity contribution is -0.204. The lowest BCUT2D eigenvalue weighted by Gasteiger charge is -2.29. The maximum absolute atomic E-state index is 13.8. The van der Waals surface area contributed by atoms with Crippen molar-refractivity contribution in [3.8, 4) is 11.5 Å². The molecule has 12 rings (SSSR count). The summed E-state index contributed by atoms with van der Waals surface area (Å²) < 4.78 is 38.9. The summed E-state index contributed by atoms with van der Waals surface area (Å²) >= 11 is 0. The Morgan fingerprint density at radius 2 is 0.948 bits per heavy atom. The van der Waals surface area contributed by atoms with E-state index >= 15 is 0 Å². The monoisotopic (exact) mass is 1290 g/mol. The number of carbonyl (C=O) groups excluding carboxylic acids is 6. The highest BCUT2D eigenvalue weighted by atomic mass is 16.8. The molecule has 0 radical (unpaired) electrons. The lowest BCUT2D eigenvalue weighted by Crippen LogP contribution is -2.36. The average molecular weight is 1290 g/mol. The molecule has 1 amide bonds. The molecule has 0 spiro atoms. The minimum atomic E-state index is -0.798. The second-order valence-electron chi connectivity index (χ2n) is 24.4. The first kappa shape index (κ1) is 67.1. The summed E-state index contributed by atoms with van der Waals surface area (Å²) in [6.07, 6.45) is 3.16. The summed E-state index contributed by atoms with van der Waals surface area (Å²) in [5.41, 5.74) is 9.30. The molecule has 8 aromatic carbocycles. The van der Waals surface area contributed by atoms with Crippen molar-refractivity contribution in [2.45, 2.75) is 112 Å². The number of hydrogen-bond acceptors (Lipinski definition) is 15. The Kier molecular flexibility index (Phi) is 20.3. The smallest absolute Gasteiger partial charge is 0.331 e. The van der Waals surface area contributed by atoms with Crippen LogP contribution in [0.25, 0.3) is 49.7 Å². The van der Waals surface area contributed by atoms with Gasteiger partial charge < -0.3 is 47.2 Å². The molecule has 4 heterocycles. The van der Waals surface area contributed by atoms with Gasteiger partial charge in [-0.25, -0.2) is 4.79 Å². The maximum Gasteiger partial charge on any atom is 0.331 e. The van der Waals surface area contributed by atoms with Gasteiger partial charge in [0.05, 0.1) is 18.9 Å². The highest BCUT2D eigenvalue weighted by Gasteiger charge is 2.35. The van der Waals surface area contributed by atoms with Gasteiger partial charge in [-0.05, 0) is 174 Å². The van der Waals surface area contributed by atoms with E-state index in [1.807, 2.05) is 174 Å². The summed E-state index contributed by atoms with van der Waals surface area (Å²) in [6.45, 7) is 18.5. The van der Waals surface area contributed by atoms with Crippen molar-refractivity contribution >= 4 is 90.6 Å². The Morgan fingerprint density at radius 1 is 0.531 bits per heavy atom. The van der Waals surface area contributed by atoms with E-state index in [4.69, 9.17) is 38.1 Å². The minimum absolute atomic E-state index is 0.0327. The molecule has 10 aromatic rings. The third kappa shape index (κ3) is 15.5. The van der Waals surface area contributed by atoms with E-state index in [0.717, 1.165) is 60.8 Å². The first-order chi connectivity index (χ1) is 46.1. The normalized spacial score (nSPS) is 16.1. The van der Waals surface area contributed by atoms with Crippen LogP contribution in [0.4, 0.5) is 0 Å². The zero-order valence-corrected chi connectivity index (χ0v) is 55.2. The molecular weight excluding hydrogens is 1220 g/mol. The molecular formula is C78H76N4O14. The van der Waals surface area contributed by atoms with E-state index in [1.54, 1.807) is 54.6 Å². The van der Waals surface area contributed by atoms with Crippen LogP contribution in [0.2, 0.25) is 0 Å².